The monoisotopic (exact) mass is 544 g/mol. The fourth-order valence-corrected chi connectivity index (χ4v) is 6.45. The van der Waals surface area contributed by atoms with Gasteiger partial charge in [0.25, 0.3) is 0 Å². The molecule has 11 atom stereocenters. The van der Waals surface area contributed by atoms with Crippen molar-refractivity contribution in [3.63, 3.8) is 0 Å². The SMILES string of the molecule is COc1ccc(C2CCO[C@@H]3[C@H](CN[C@@H]3C(=O)N[C@@H](C3OC(SC)C(O)C(O)C3O)[C@H](C)Cl)C2)cc1. The minimum Gasteiger partial charge on any atom is -0.497 e. The van der Waals surface area contributed by atoms with Crippen LogP contribution in [0.5, 0.6) is 5.75 Å². The van der Waals surface area contributed by atoms with Crippen molar-refractivity contribution in [2.75, 3.05) is 26.5 Å². The molecule has 3 aliphatic heterocycles. The van der Waals surface area contributed by atoms with E-state index in [4.69, 9.17) is 25.8 Å². The molecular formula is C25H37ClN2O7S. The van der Waals surface area contributed by atoms with Gasteiger partial charge in [-0.2, -0.15) is 0 Å². The topological polar surface area (TPSA) is 130 Å². The van der Waals surface area contributed by atoms with Crippen molar-refractivity contribution in [1.29, 1.82) is 0 Å². The first kappa shape index (κ1) is 27.9. The minimum atomic E-state index is -1.41. The van der Waals surface area contributed by atoms with Crippen LogP contribution in [0.2, 0.25) is 0 Å². The van der Waals surface area contributed by atoms with Gasteiger partial charge >= 0.3 is 0 Å². The lowest BCUT2D eigenvalue weighted by atomic mass is 9.85. The Hall–Kier alpha value is -1.11. The Balaban J connectivity index is 1.43. The summed E-state index contributed by atoms with van der Waals surface area (Å²) >= 11 is 7.64. The summed E-state index contributed by atoms with van der Waals surface area (Å²) in [6.07, 6.45) is -1.84. The van der Waals surface area contributed by atoms with Crippen LogP contribution < -0.4 is 15.4 Å². The van der Waals surface area contributed by atoms with Gasteiger partial charge in [0.15, 0.2) is 0 Å². The van der Waals surface area contributed by atoms with E-state index in [1.165, 1.54) is 17.3 Å². The second-order valence-electron chi connectivity index (χ2n) is 9.86. The van der Waals surface area contributed by atoms with Crippen LogP contribution in [0.4, 0.5) is 0 Å². The standard InChI is InChI=1S/C25H37ClN2O7S/c1-12(26)17(23-20(30)19(29)21(31)25(35-23)36-3)28-24(32)18-22-15(11-27-18)10-14(8-9-34-22)13-4-6-16(33-2)7-5-13/h4-7,12,14-15,17-23,25,27,29-31H,8-11H2,1-3H3,(H,28,32)/t12-,14?,15-,17+,18-,19?,20?,21?,22+,23?,25?/m0/s1. The number of aliphatic hydroxyl groups excluding tert-OH is 3. The van der Waals surface area contributed by atoms with Gasteiger partial charge in [0.1, 0.15) is 41.6 Å². The number of halogens is 1. The Labute approximate surface area is 221 Å². The van der Waals surface area contributed by atoms with Gasteiger partial charge in [-0.15, -0.1) is 23.4 Å². The number of ether oxygens (including phenoxy) is 3. The largest absolute Gasteiger partial charge is 0.497 e. The Morgan fingerprint density at radius 1 is 1.22 bits per heavy atom. The zero-order chi connectivity index (χ0) is 26.0. The predicted molar refractivity (Wildman–Crippen MR) is 137 cm³/mol. The molecule has 1 aromatic rings. The van der Waals surface area contributed by atoms with Gasteiger partial charge in [-0.3, -0.25) is 4.79 Å². The van der Waals surface area contributed by atoms with E-state index in [1.54, 1.807) is 20.3 Å². The number of carbonyl (C=O) groups is 1. The second-order valence-corrected chi connectivity index (χ2v) is 11.5. The van der Waals surface area contributed by atoms with Crippen molar-refractivity contribution in [3.8, 4) is 5.75 Å². The Morgan fingerprint density at radius 2 is 1.94 bits per heavy atom. The third-order valence-electron chi connectivity index (χ3n) is 7.62. The van der Waals surface area contributed by atoms with Crippen molar-refractivity contribution in [2.24, 2.45) is 5.92 Å². The minimum absolute atomic E-state index is 0.164. The maximum absolute atomic E-state index is 13.4. The number of rotatable bonds is 7. The average Bonchev–Trinajstić information content (AvgIpc) is 3.16. The van der Waals surface area contributed by atoms with Gasteiger partial charge in [-0.25, -0.2) is 0 Å². The lowest BCUT2D eigenvalue weighted by molar-refractivity contribution is -0.205. The zero-order valence-electron chi connectivity index (χ0n) is 20.7. The number of carbonyl (C=O) groups excluding carboxylic acids is 1. The van der Waals surface area contributed by atoms with Crippen LogP contribution >= 0.6 is 23.4 Å². The normalized spacial score (nSPS) is 38.5. The highest BCUT2D eigenvalue weighted by atomic mass is 35.5. The number of aliphatic hydroxyl groups is 3. The molecule has 3 saturated heterocycles. The summed E-state index contributed by atoms with van der Waals surface area (Å²) in [5, 5.41) is 36.8. The molecule has 1 aromatic carbocycles. The summed E-state index contributed by atoms with van der Waals surface area (Å²) in [6.45, 7) is 2.89. The quantitative estimate of drug-likeness (QED) is 0.317. The Bertz CT molecular complexity index is 876. The van der Waals surface area contributed by atoms with Gasteiger partial charge in [0, 0.05) is 19.1 Å². The molecule has 202 valence electrons. The van der Waals surface area contributed by atoms with Gasteiger partial charge in [-0.1, -0.05) is 12.1 Å². The molecule has 4 rings (SSSR count). The highest BCUT2D eigenvalue weighted by Gasteiger charge is 2.49. The van der Waals surface area contributed by atoms with Gasteiger partial charge in [-0.05, 0) is 49.6 Å². The fourth-order valence-electron chi connectivity index (χ4n) is 5.56. The summed E-state index contributed by atoms with van der Waals surface area (Å²) in [4.78, 5) is 13.4. The van der Waals surface area contributed by atoms with Gasteiger partial charge < -0.3 is 40.2 Å². The first-order valence-corrected chi connectivity index (χ1v) is 14.1. The number of hydrogen-bond acceptors (Lipinski definition) is 9. The Kier molecular flexibility index (Phi) is 9.43. The first-order chi connectivity index (χ1) is 17.2. The molecular weight excluding hydrogens is 508 g/mol. The van der Waals surface area contributed by atoms with E-state index in [9.17, 15) is 20.1 Å². The van der Waals surface area contributed by atoms with Crippen LogP contribution in [-0.4, -0.2) is 101 Å². The van der Waals surface area contributed by atoms with Crippen molar-refractivity contribution in [2.45, 2.75) is 79.1 Å². The highest BCUT2D eigenvalue weighted by molar-refractivity contribution is 7.99. The number of methoxy groups -OCH3 is 1. The van der Waals surface area contributed by atoms with E-state index >= 15 is 0 Å². The molecule has 3 fully saturated rings. The molecule has 11 heteroatoms. The summed E-state index contributed by atoms with van der Waals surface area (Å²) < 4.78 is 17.3. The number of alkyl halides is 1. The summed E-state index contributed by atoms with van der Waals surface area (Å²) in [5.74, 6) is 1.02. The molecule has 0 bridgehead atoms. The van der Waals surface area contributed by atoms with Crippen LogP contribution in [0.1, 0.15) is 31.2 Å². The van der Waals surface area contributed by atoms with Gasteiger partial charge in [0.2, 0.25) is 5.91 Å². The molecule has 0 aromatic heterocycles. The highest BCUT2D eigenvalue weighted by Crippen LogP contribution is 2.37. The van der Waals surface area contributed by atoms with Crippen LogP contribution in [0, 0.1) is 5.92 Å². The van der Waals surface area contributed by atoms with Crippen LogP contribution in [0.25, 0.3) is 0 Å². The van der Waals surface area contributed by atoms with E-state index in [0.29, 0.717) is 19.1 Å². The fraction of sp³-hybridized carbons (Fsp3) is 0.720. The number of thioether (sulfide) groups is 1. The van der Waals surface area contributed by atoms with E-state index in [-0.39, 0.29) is 17.9 Å². The molecule has 3 heterocycles. The summed E-state index contributed by atoms with van der Waals surface area (Å²) in [6, 6.07) is 6.75. The lowest BCUT2D eigenvalue weighted by Gasteiger charge is -2.44. The van der Waals surface area contributed by atoms with E-state index in [2.05, 4.69) is 22.8 Å². The van der Waals surface area contributed by atoms with Crippen molar-refractivity contribution < 1.29 is 34.3 Å². The smallest absolute Gasteiger partial charge is 0.240 e. The number of fused-ring (bicyclic) bond motifs is 1. The molecule has 36 heavy (non-hydrogen) atoms. The molecule has 5 N–H and O–H groups in total. The third-order valence-corrected chi connectivity index (χ3v) is 8.75. The molecule has 3 aliphatic rings. The van der Waals surface area contributed by atoms with Crippen LogP contribution in [-0.2, 0) is 14.3 Å². The van der Waals surface area contributed by atoms with Gasteiger partial charge in [0.05, 0.1) is 24.6 Å². The maximum Gasteiger partial charge on any atom is 0.240 e. The Morgan fingerprint density at radius 3 is 2.58 bits per heavy atom. The first-order valence-electron chi connectivity index (χ1n) is 12.4. The van der Waals surface area contributed by atoms with Crippen molar-refractivity contribution in [1.82, 2.24) is 10.6 Å². The molecule has 0 spiro atoms. The molecule has 1 amide bonds. The number of hydrogen-bond donors (Lipinski definition) is 5. The third kappa shape index (κ3) is 5.81. The molecule has 0 radical (unpaired) electrons. The average molecular weight is 545 g/mol. The van der Waals surface area contributed by atoms with E-state index < -0.39 is 47.3 Å². The van der Waals surface area contributed by atoms with Crippen LogP contribution in [0.3, 0.4) is 0 Å². The number of benzene rings is 1. The number of amides is 1. The lowest BCUT2D eigenvalue weighted by Crippen LogP contribution is -2.65. The molecule has 0 saturated carbocycles. The molecule has 6 unspecified atom stereocenters. The number of nitrogens with one attached hydrogen (secondary N) is 2. The van der Waals surface area contributed by atoms with E-state index in [1.807, 2.05) is 12.1 Å². The van der Waals surface area contributed by atoms with Crippen molar-refractivity contribution in [3.05, 3.63) is 29.8 Å². The predicted octanol–water partition coefficient (Wildman–Crippen LogP) is 0.829. The van der Waals surface area contributed by atoms with E-state index in [0.717, 1.165) is 18.6 Å². The molecule has 9 nitrogen and oxygen atoms in total. The maximum atomic E-state index is 13.4. The van der Waals surface area contributed by atoms with Crippen LogP contribution in [0.15, 0.2) is 24.3 Å². The second kappa shape index (κ2) is 12.2. The summed E-state index contributed by atoms with van der Waals surface area (Å²) in [5.41, 5.74) is 0.480. The molecule has 0 aliphatic carbocycles. The summed E-state index contributed by atoms with van der Waals surface area (Å²) in [7, 11) is 1.65. The van der Waals surface area contributed by atoms with Crippen molar-refractivity contribution >= 4 is 29.3 Å². The zero-order valence-corrected chi connectivity index (χ0v) is 22.3.